The Morgan fingerprint density at radius 1 is 0.792 bits per heavy atom. The van der Waals surface area contributed by atoms with E-state index in [-0.39, 0.29) is 57.5 Å². The monoisotopic (exact) mass is 1080 g/mol. The molecule has 4 atom stereocenters. The molecule has 5 aromatic rings. The van der Waals surface area contributed by atoms with Gasteiger partial charge in [0.2, 0.25) is 11.2 Å². The van der Waals surface area contributed by atoms with Crippen molar-refractivity contribution >= 4 is 45.3 Å². The van der Waals surface area contributed by atoms with Gasteiger partial charge in [-0.15, -0.1) is 5.10 Å². The van der Waals surface area contributed by atoms with Gasteiger partial charge in [-0.25, -0.2) is 22.5 Å². The van der Waals surface area contributed by atoms with Crippen LogP contribution in [-0.4, -0.2) is 164 Å². The first kappa shape index (κ1) is 57.2. The van der Waals surface area contributed by atoms with Crippen LogP contribution in [0, 0.1) is 17.5 Å². The van der Waals surface area contributed by atoms with Gasteiger partial charge in [0.15, 0.2) is 11.9 Å². The normalized spacial score (nSPS) is 15.2. The number of rotatable bonds is 39. The lowest BCUT2D eigenvalue weighted by Crippen LogP contribution is -2.16. The van der Waals surface area contributed by atoms with Gasteiger partial charge in [0.05, 0.1) is 152 Å². The van der Waals surface area contributed by atoms with Crippen LogP contribution in [0.3, 0.4) is 0 Å². The number of nitrogens with one attached hydrogen (secondary N) is 1. The van der Waals surface area contributed by atoms with Gasteiger partial charge in [0, 0.05) is 30.7 Å². The highest BCUT2D eigenvalue weighted by Crippen LogP contribution is 2.34. The Balaban J connectivity index is 0.687. The van der Waals surface area contributed by atoms with Crippen molar-refractivity contribution in [1.29, 1.82) is 0 Å². The summed E-state index contributed by atoms with van der Waals surface area (Å²) in [6, 6.07) is 9.00. The topological polar surface area (TPSA) is 225 Å². The third-order valence-corrected chi connectivity index (χ3v) is 12.5. The van der Waals surface area contributed by atoms with E-state index in [9.17, 15) is 17.7 Å². The summed E-state index contributed by atoms with van der Waals surface area (Å²) in [7, 11) is -2.26. The molecule has 0 amide bonds. The molecule has 0 radical (unpaired) electrons. The number of hydrogen-bond acceptors (Lipinski definition) is 18. The standard InChI is InChI=1S/C45H60ClF3N8O13P2/c46-45-52-43(39-28-51-57(44(39)53-45)42-6-5-37(70-42)31-69-71-32-72(58)59)50-27-33-1-3-36(4-2-33)68-24-23-66-20-19-64-17-18-65-21-22-67-30-35-29-56(55-54-35)8-10-61-12-14-63-16-15-62-13-11-60-9-7-38-40(48)25-34(47)26-41(38)49/h1-4,25-26,28-29,37,42,71H,5-24,27,30-32H2,(H-,50,52,53,58,59)/p+1. The number of fused-ring (bicyclic) bond motifs is 1. The lowest BCUT2D eigenvalue weighted by atomic mass is 10.1. The van der Waals surface area contributed by atoms with E-state index in [2.05, 4.69) is 30.7 Å². The van der Waals surface area contributed by atoms with E-state index in [1.165, 1.54) is 0 Å². The molecule has 2 N–H and O–H groups in total. The van der Waals surface area contributed by atoms with E-state index in [0.717, 1.165) is 12.0 Å². The van der Waals surface area contributed by atoms with Gasteiger partial charge >= 0.3 is 8.03 Å². The van der Waals surface area contributed by atoms with Gasteiger partial charge in [-0.1, -0.05) is 17.3 Å². The number of halogens is 4. The quantitative estimate of drug-likeness (QED) is 0.0260. The third-order valence-electron chi connectivity index (χ3n) is 10.4. The lowest BCUT2D eigenvalue weighted by molar-refractivity contribution is -0.0195. The maximum Gasteiger partial charge on any atom is 0.512 e. The summed E-state index contributed by atoms with van der Waals surface area (Å²) < 4.78 is 116. The van der Waals surface area contributed by atoms with Crippen molar-refractivity contribution in [2.75, 3.05) is 124 Å². The van der Waals surface area contributed by atoms with E-state index in [0.29, 0.717) is 166 Å². The minimum atomic E-state index is -2.21. The van der Waals surface area contributed by atoms with Crippen molar-refractivity contribution < 1.29 is 74.5 Å². The van der Waals surface area contributed by atoms with Crippen LogP contribution in [0.5, 0.6) is 5.75 Å². The highest BCUT2D eigenvalue weighted by atomic mass is 35.5. The largest absolute Gasteiger partial charge is 0.512 e. The van der Waals surface area contributed by atoms with Crippen LogP contribution in [0.15, 0.2) is 48.8 Å². The second kappa shape index (κ2) is 33.0. The summed E-state index contributed by atoms with van der Waals surface area (Å²) >= 11 is 6.31. The second-order valence-corrected chi connectivity index (χ2v) is 18.6. The van der Waals surface area contributed by atoms with Crippen molar-refractivity contribution in [3.63, 3.8) is 0 Å². The zero-order valence-electron chi connectivity index (χ0n) is 39.7. The fraction of sp³-hybridized carbons (Fsp3) is 0.578. The minimum absolute atomic E-state index is 0.00439. The Bertz CT molecular complexity index is 2330. The predicted molar refractivity (Wildman–Crippen MR) is 257 cm³/mol. The summed E-state index contributed by atoms with van der Waals surface area (Å²) in [6.07, 6.45) is 4.46. The highest BCUT2D eigenvalue weighted by Gasteiger charge is 2.30. The smallest absolute Gasteiger partial charge is 0.491 e. The van der Waals surface area contributed by atoms with Crippen molar-refractivity contribution in [2.45, 2.75) is 51.3 Å². The molecule has 2 aromatic carbocycles. The Morgan fingerprint density at radius 2 is 1.40 bits per heavy atom. The molecule has 4 unspecified atom stereocenters. The molecule has 0 bridgehead atoms. The number of anilines is 1. The first-order valence-electron chi connectivity index (χ1n) is 23.4. The Labute approximate surface area is 422 Å². The van der Waals surface area contributed by atoms with Gasteiger partial charge in [-0.2, -0.15) is 20.0 Å². The van der Waals surface area contributed by atoms with Crippen molar-refractivity contribution in [3.8, 4) is 5.75 Å². The Morgan fingerprint density at radius 3 is 2.06 bits per heavy atom. The highest BCUT2D eigenvalue weighted by molar-refractivity contribution is 7.53. The molecule has 4 heterocycles. The molecule has 0 spiro atoms. The molecule has 1 aliphatic heterocycles. The fourth-order valence-corrected chi connectivity index (χ4v) is 8.13. The Hall–Kier alpha value is -4.10. The summed E-state index contributed by atoms with van der Waals surface area (Å²) in [5, 5.41) is 16.9. The third kappa shape index (κ3) is 21.0. The molecule has 396 valence electrons. The summed E-state index contributed by atoms with van der Waals surface area (Å²) in [6.45, 7) is 7.57. The molecule has 1 saturated heterocycles. The van der Waals surface area contributed by atoms with Crippen molar-refractivity contribution in [3.05, 3.63) is 88.3 Å². The van der Waals surface area contributed by atoms with E-state index in [1.54, 1.807) is 21.8 Å². The molecule has 6 rings (SSSR count). The van der Waals surface area contributed by atoms with E-state index >= 15 is 0 Å². The van der Waals surface area contributed by atoms with Gasteiger partial charge in [-0.3, -0.25) is 0 Å². The molecule has 3 aromatic heterocycles. The number of aromatic nitrogens is 7. The zero-order chi connectivity index (χ0) is 50.6. The molecule has 72 heavy (non-hydrogen) atoms. The maximum atomic E-state index is 13.6. The fourth-order valence-electron chi connectivity index (χ4n) is 6.85. The molecule has 21 nitrogen and oxygen atoms in total. The molecule has 0 aliphatic carbocycles. The first-order chi connectivity index (χ1) is 35.2. The maximum absolute atomic E-state index is 13.6. The van der Waals surface area contributed by atoms with Crippen molar-refractivity contribution in [2.24, 2.45) is 0 Å². The van der Waals surface area contributed by atoms with Crippen LogP contribution in [0.1, 0.15) is 35.9 Å². The van der Waals surface area contributed by atoms with Crippen LogP contribution < -0.4 is 10.1 Å². The molecular formula is C45H61ClF3N8O13P2+. The first-order valence-corrected chi connectivity index (χ1v) is 26.2. The molecule has 0 saturated carbocycles. The predicted octanol–water partition coefficient (Wildman–Crippen LogP) is 6.04. The summed E-state index contributed by atoms with van der Waals surface area (Å²) in [4.78, 5) is 17.8. The summed E-state index contributed by atoms with van der Waals surface area (Å²) in [5.74, 6) is -1.42. The molecule has 27 heteroatoms. The SMILES string of the molecule is O=[P+](O)CPOCC1CCC(n2ncc3c(NCc4ccc(OCCOCCOCCOCCOCc5cn(CCOCCOCCOCCOCCc6c(F)cc(F)cc6F)nn5)cc4)nc(Cl)nc32)O1. The molecule has 1 aliphatic rings. The van der Waals surface area contributed by atoms with Gasteiger partial charge in [0.25, 0.3) is 0 Å². The molecule has 1 fully saturated rings. The average molecular weight is 1080 g/mol. The zero-order valence-corrected chi connectivity index (χ0v) is 42.3. The van der Waals surface area contributed by atoms with Crippen LogP contribution in [0.2, 0.25) is 5.28 Å². The number of ether oxygens (including phenoxy) is 10. The van der Waals surface area contributed by atoms with E-state index < -0.39 is 25.5 Å². The number of nitrogens with zero attached hydrogens (tertiary/aromatic N) is 7. The Kier molecular flexibility index (Phi) is 26.2. The van der Waals surface area contributed by atoms with Gasteiger partial charge in [-0.05, 0) is 46.7 Å². The van der Waals surface area contributed by atoms with Crippen LogP contribution >= 0.6 is 28.4 Å². The van der Waals surface area contributed by atoms with Crippen molar-refractivity contribution in [1.82, 2.24) is 34.7 Å². The second-order valence-electron chi connectivity index (χ2n) is 15.7. The van der Waals surface area contributed by atoms with E-state index in [1.807, 2.05) is 24.3 Å². The van der Waals surface area contributed by atoms with Gasteiger partial charge in [0.1, 0.15) is 41.3 Å². The molecular weight excluding hydrogens is 1010 g/mol. The van der Waals surface area contributed by atoms with Gasteiger partial charge < -0.3 is 57.2 Å². The summed E-state index contributed by atoms with van der Waals surface area (Å²) in [5.41, 5.74) is 2.05. The van der Waals surface area contributed by atoms with E-state index in [4.69, 9.17) is 68.4 Å². The minimum Gasteiger partial charge on any atom is -0.491 e. The number of benzene rings is 2. The van der Waals surface area contributed by atoms with Crippen LogP contribution in [0.4, 0.5) is 19.0 Å². The average Bonchev–Trinajstić information content (AvgIpc) is 4.14. The van der Waals surface area contributed by atoms with Crippen LogP contribution in [-0.2, 0) is 77.8 Å². The van der Waals surface area contributed by atoms with Crippen LogP contribution in [0.25, 0.3) is 11.0 Å². The number of hydrogen-bond donors (Lipinski definition) is 2. The lowest BCUT2D eigenvalue weighted by Gasteiger charge is -2.14.